The van der Waals surface area contributed by atoms with Crippen LogP contribution >= 0.6 is 0 Å². The minimum atomic E-state index is -1.30. The van der Waals surface area contributed by atoms with E-state index in [0.717, 1.165) is 5.57 Å². The van der Waals surface area contributed by atoms with Gasteiger partial charge in [0.1, 0.15) is 0 Å². The van der Waals surface area contributed by atoms with Gasteiger partial charge in [0.25, 0.3) is 0 Å². The van der Waals surface area contributed by atoms with Gasteiger partial charge in [0.05, 0.1) is 6.42 Å². The predicted octanol–water partition coefficient (Wildman–Crippen LogP) is 0.642. The van der Waals surface area contributed by atoms with Crippen molar-refractivity contribution >= 4 is 11.7 Å². The first-order valence-corrected chi connectivity index (χ1v) is 5.74. The van der Waals surface area contributed by atoms with Crippen LogP contribution in [0.25, 0.3) is 0 Å². The number of aliphatic hydroxyl groups is 1. The van der Waals surface area contributed by atoms with Crippen molar-refractivity contribution in [3.05, 3.63) is 23.8 Å². The molecule has 1 amide bonds. The second-order valence-corrected chi connectivity index (χ2v) is 3.42. The van der Waals surface area contributed by atoms with E-state index in [-0.39, 0.29) is 18.2 Å². The number of hydrazone groups is 1. The third-order valence-corrected chi connectivity index (χ3v) is 2.00. The molecule has 1 unspecified atom stereocenters. The number of nitrogens with one attached hydrogen (secondary N) is 1. The number of carbonyl (C=O) groups excluding carboxylic acids is 1. The molecule has 0 bridgehead atoms. The zero-order valence-corrected chi connectivity index (χ0v) is 11.0. The van der Waals surface area contributed by atoms with Gasteiger partial charge in [-0.1, -0.05) is 18.2 Å². The average Bonchev–Trinajstić information content (AvgIpc) is 2.35. The topological polar surface area (TPSA) is 96.9 Å². The van der Waals surface area contributed by atoms with E-state index in [1.165, 1.54) is 0 Å². The standard InChI is InChI=1S/C12H21N3O3/c1-4-7-9(5-2)8-10(16)14-15-11(13)12(17)18-6-3/h4-5,7,12,17H,6,8H2,1-3H3,(H2,13,15)(H,14,16)/b7-4-,9-5+. The Bertz CT molecular complexity index is 348. The lowest BCUT2D eigenvalue weighted by Crippen LogP contribution is -2.34. The predicted molar refractivity (Wildman–Crippen MR) is 70.6 cm³/mol. The van der Waals surface area contributed by atoms with Crippen molar-refractivity contribution in [2.24, 2.45) is 10.8 Å². The molecule has 0 fully saturated rings. The third-order valence-electron chi connectivity index (χ3n) is 2.00. The van der Waals surface area contributed by atoms with Crippen molar-refractivity contribution in [2.75, 3.05) is 6.61 Å². The Hall–Kier alpha value is -1.66. The zero-order valence-electron chi connectivity index (χ0n) is 11.0. The van der Waals surface area contributed by atoms with Crippen molar-refractivity contribution in [1.29, 1.82) is 0 Å². The molecule has 4 N–H and O–H groups in total. The van der Waals surface area contributed by atoms with Crippen molar-refractivity contribution in [3.8, 4) is 0 Å². The van der Waals surface area contributed by atoms with Gasteiger partial charge in [-0.05, 0) is 26.3 Å². The van der Waals surface area contributed by atoms with Crippen LogP contribution in [0.2, 0.25) is 0 Å². The molecule has 0 spiro atoms. The van der Waals surface area contributed by atoms with Crippen LogP contribution in [0.4, 0.5) is 0 Å². The van der Waals surface area contributed by atoms with Crippen molar-refractivity contribution in [1.82, 2.24) is 5.43 Å². The number of hydrogen-bond acceptors (Lipinski definition) is 4. The lowest BCUT2D eigenvalue weighted by atomic mass is 10.1. The van der Waals surface area contributed by atoms with E-state index in [1.807, 2.05) is 32.1 Å². The van der Waals surface area contributed by atoms with Crippen LogP contribution in [-0.4, -0.2) is 29.7 Å². The quantitative estimate of drug-likeness (QED) is 0.204. The van der Waals surface area contributed by atoms with Gasteiger partial charge in [0.2, 0.25) is 12.2 Å². The maximum atomic E-state index is 11.5. The molecule has 102 valence electrons. The molecule has 0 aliphatic heterocycles. The molecular weight excluding hydrogens is 234 g/mol. The number of amides is 1. The minimum absolute atomic E-state index is 0.182. The first-order valence-electron chi connectivity index (χ1n) is 5.74. The molecule has 0 aromatic carbocycles. The first kappa shape index (κ1) is 16.3. The van der Waals surface area contributed by atoms with Gasteiger partial charge >= 0.3 is 0 Å². The van der Waals surface area contributed by atoms with Crippen LogP contribution in [0.3, 0.4) is 0 Å². The van der Waals surface area contributed by atoms with Crippen LogP contribution in [0.5, 0.6) is 0 Å². The Morgan fingerprint density at radius 1 is 1.56 bits per heavy atom. The molecule has 18 heavy (non-hydrogen) atoms. The summed E-state index contributed by atoms with van der Waals surface area (Å²) < 4.78 is 4.80. The summed E-state index contributed by atoms with van der Waals surface area (Å²) in [4.78, 5) is 11.5. The summed E-state index contributed by atoms with van der Waals surface area (Å²) in [5.41, 5.74) is 8.53. The van der Waals surface area contributed by atoms with Crippen LogP contribution < -0.4 is 11.2 Å². The number of allylic oxidation sites excluding steroid dienone is 3. The highest BCUT2D eigenvalue weighted by Crippen LogP contribution is 2.02. The van der Waals surface area contributed by atoms with Gasteiger partial charge in [0.15, 0.2) is 5.84 Å². The molecule has 0 aromatic heterocycles. The van der Waals surface area contributed by atoms with Crippen LogP contribution in [0.15, 0.2) is 28.9 Å². The van der Waals surface area contributed by atoms with Gasteiger partial charge < -0.3 is 15.6 Å². The fraction of sp³-hybridized carbons (Fsp3) is 0.500. The van der Waals surface area contributed by atoms with E-state index < -0.39 is 6.29 Å². The monoisotopic (exact) mass is 255 g/mol. The summed E-state index contributed by atoms with van der Waals surface area (Å²) in [6.45, 7) is 5.73. The maximum absolute atomic E-state index is 11.5. The molecule has 0 aromatic rings. The number of aliphatic hydroxyl groups excluding tert-OH is 1. The normalized spacial score (nSPS) is 14.9. The highest BCUT2D eigenvalue weighted by Gasteiger charge is 2.09. The Morgan fingerprint density at radius 3 is 2.72 bits per heavy atom. The number of ether oxygens (including phenoxy) is 1. The lowest BCUT2D eigenvalue weighted by molar-refractivity contribution is -0.120. The molecule has 0 rings (SSSR count). The summed E-state index contributed by atoms with van der Waals surface area (Å²) in [5.74, 6) is -0.494. The number of carbonyl (C=O) groups is 1. The molecule has 0 saturated carbocycles. The molecular formula is C12H21N3O3. The van der Waals surface area contributed by atoms with E-state index in [1.54, 1.807) is 6.92 Å². The largest absolute Gasteiger partial charge is 0.381 e. The highest BCUT2D eigenvalue weighted by atomic mass is 16.6. The number of rotatable bonds is 7. The Balaban J connectivity index is 4.29. The summed E-state index contributed by atoms with van der Waals surface area (Å²) in [6.07, 6.45) is 4.41. The lowest BCUT2D eigenvalue weighted by Gasteiger charge is -2.09. The molecule has 0 heterocycles. The van der Waals surface area contributed by atoms with Crippen molar-refractivity contribution in [3.63, 3.8) is 0 Å². The van der Waals surface area contributed by atoms with E-state index in [4.69, 9.17) is 10.5 Å². The maximum Gasteiger partial charge on any atom is 0.244 e. The number of nitrogens with two attached hydrogens (primary N) is 1. The van der Waals surface area contributed by atoms with E-state index in [0.29, 0.717) is 6.61 Å². The van der Waals surface area contributed by atoms with E-state index in [9.17, 15) is 9.90 Å². The summed E-state index contributed by atoms with van der Waals surface area (Å²) >= 11 is 0. The summed E-state index contributed by atoms with van der Waals surface area (Å²) in [6, 6.07) is 0. The molecule has 6 nitrogen and oxygen atoms in total. The van der Waals surface area contributed by atoms with Gasteiger partial charge in [0, 0.05) is 6.61 Å². The molecule has 0 aliphatic rings. The van der Waals surface area contributed by atoms with E-state index >= 15 is 0 Å². The van der Waals surface area contributed by atoms with Gasteiger partial charge in [-0.15, -0.1) is 0 Å². The fourth-order valence-electron chi connectivity index (χ4n) is 1.12. The Labute approximate surface area is 107 Å². The molecule has 6 heteroatoms. The molecule has 0 aliphatic carbocycles. The summed E-state index contributed by atoms with van der Waals surface area (Å²) in [7, 11) is 0. The van der Waals surface area contributed by atoms with Gasteiger partial charge in [-0.2, -0.15) is 5.10 Å². The van der Waals surface area contributed by atoms with Crippen molar-refractivity contribution < 1.29 is 14.6 Å². The SMILES string of the molecule is C/C=C\C(=C/C)CC(=O)N/N=C(\N)C(O)OCC. The van der Waals surface area contributed by atoms with Crippen molar-refractivity contribution in [2.45, 2.75) is 33.5 Å². The van der Waals surface area contributed by atoms with E-state index in [2.05, 4.69) is 10.5 Å². The van der Waals surface area contributed by atoms with Crippen LogP contribution in [0.1, 0.15) is 27.2 Å². The molecule has 0 radical (unpaired) electrons. The second-order valence-electron chi connectivity index (χ2n) is 3.42. The van der Waals surface area contributed by atoms with Gasteiger partial charge in [-0.25, -0.2) is 5.43 Å². The third kappa shape index (κ3) is 6.82. The zero-order chi connectivity index (χ0) is 14.0. The first-order chi connectivity index (χ1) is 8.54. The molecule has 1 atom stereocenters. The van der Waals surface area contributed by atoms with Crippen LogP contribution in [0, 0.1) is 0 Å². The number of amidine groups is 1. The van der Waals surface area contributed by atoms with Crippen LogP contribution in [-0.2, 0) is 9.53 Å². The smallest absolute Gasteiger partial charge is 0.244 e. The van der Waals surface area contributed by atoms with Gasteiger partial charge in [-0.3, -0.25) is 4.79 Å². The minimum Gasteiger partial charge on any atom is -0.381 e. The highest BCUT2D eigenvalue weighted by molar-refractivity contribution is 5.86. The number of hydrogen-bond donors (Lipinski definition) is 3. The molecule has 0 saturated heterocycles. The fourth-order valence-corrected chi connectivity index (χ4v) is 1.12. The Kier molecular flexibility index (Phi) is 8.51. The Morgan fingerprint density at radius 2 is 2.22 bits per heavy atom. The average molecular weight is 255 g/mol. The summed E-state index contributed by atoms with van der Waals surface area (Å²) in [5, 5.41) is 12.8. The number of nitrogens with zero attached hydrogens (tertiary/aromatic N) is 1. The second kappa shape index (κ2) is 9.38.